The van der Waals surface area contributed by atoms with E-state index in [1.165, 1.54) is 21.9 Å². The summed E-state index contributed by atoms with van der Waals surface area (Å²) in [6.07, 6.45) is 2.55. The fourth-order valence-electron chi connectivity index (χ4n) is 3.42. The number of ether oxygens (including phenoxy) is 1. The standard InChI is InChI=1S/C16H14O2/c17-15-9-11-6-8-14(18-15)16-12-4-2-1-3-10(12)5-7-13(11)16/h1-5,7,11,14H,6,8-9H2/t11-,14-/m1/s1. The first-order chi connectivity index (χ1) is 8.83. The molecular formula is C16H14O2. The van der Waals surface area contributed by atoms with Crippen LogP contribution in [-0.4, -0.2) is 5.97 Å². The van der Waals surface area contributed by atoms with Gasteiger partial charge >= 0.3 is 5.97 Å². The van der Waals surface area contributed by atoms with Gasteiger partial charge in [0.2, 0.25) is 0 Å². The second-order valence-corrected chi connectivity index (χ2v) is 5.25. The van der Waals surface area contributed by atoms with E-state index in [9.17, 15) is 4.79 Å². The molecule has 0 spiro atoms. The van der Waals surface area contributed by atoms with E-state index in [0.717, 1.165) is 12.8 Å². The van der Waals surface area contributed by atoms with Crippen LogP contribution in [0.2, 0.25) is 0 Å². The maximum atomic E-state index is 11.7. The predicted molar refractivity (Wildman–Crippen MR) is 69.4 cm³/mol. The molecule has 3 aliphatic rings. The van der Waals surface area contributed by atoms with Gasteiger partial charge in [0.1, 0.15) is 6.10 Å². The van der Waals surface area contributed by atoms with Crippen molar-refractivity contribution in [3.8, 4) is 0 Å². The van der Waals surface area contributed by atoms with Crippen LogP contribution < -0.4 is 0 Å². The van der Waals surface area contributed by atoms with Crippen LogP contribution in [-0.2, 0) is 9.53 Å². The highest BCUT2D eigenvalue weighted by Gasteiger charge is 2.36. The lowest BCUT2D eigenvalue weighted by Gasteiger charge is -2.27. The molecule has 1 aliphatic carbocycles. The van der Waals surface area contributed by atoms with Gasteiger partial charge in [0.25, 0.3) is 0 Å². The van der Waals surface area contributed by atoms with E-state index >= 15 is 0 Å². The summed E-state index contributed by atoms with van der Waals surface area (Å²) in [6.45, 7) is 0. The second kappa shape index (κ2) is 3.58. The summed E-state index contributed by atoms with van der Waals surface area (Å²) in [5, 5.41) is 2.49. The Bertz CT molecular complexity index is 645. The first-order valence-corrected chi connectivity index (χ1v) is 6.54. The van der Waals surface area contributed by atoms with Crippen molar-refractivity contribution >= 4 is 16.7 Å². The Morgan fingerprint density at radius 3 is 2.89 bits per heavy atom. The zero-order chi connectivity index (χ0) is 12.1. The monoisotopic (exact) mass is 238 g/mol. The second-order valence-electron chi connectivity index (χ2n) is 5.25. The summed E-state index contributed by atoms with van der Waals surface area (Å²) in [7, 11) is 0. The summed E-state index contributed by atoms with van der Waals surface area (Å²) in [4.78, 5) is 11.7. The topological polar surface area (TPSA) is 26.3 Å². The van der Waals surface area contributed by atoms with Crippen LogP contribution in [0.15, 0.2) is 36.4 Å². The average Bonchev–Trinajstić information content (AvgIpc) is 2.66. The molecule has 2 atom stereocenters. The lowest BCUT2D eigenvalue weighted by molar-refractivity contribution is -0.147. The van der Waals surface area contributed by atoms with Crippen LogP contribution in [0.25, 0.3) is 10.8 Å². The average molecular weight is 238 g/mol. The van der Waals surface area contributed by atoms with E-state index in [2.05, 4.69) is 36.4 Å². The van der Waals surface area contributed by atoms with Crippen molar-refractivity contribution in [1.82, 2.24) is 0 Å². The van der Waals surface area contributed by atoms with Crippen molar-refractivity contribution < 1.29 is 9.53 Å². The van der Waals surface area contributed by atoms with Crippen LogP contribution >= 0.6 is 0 Å². The SMILES string of the molecule is O=C1C[C@H]2CC[C@@H](O1)c1c2ccc2ccccc12. The van der Waals surface area contributed by atoms with E-state index in [4.69, 9.17) is 4.74 Å². The van der Waals surface area contributed by atoms with Crippen molar-refractivity contribution in [2.75, 3.05) is 0 Å². The fourth-order valence-corrected chi connectivity index (χ4v) is 3.42. The molecule has 2 nitrogen and oxygen atoms in total. The minimum atomic E-state index is -0.0391. The minimum Gasteiger partial charge on any atom is -0.457 e. The molecular weight excluding hydrogens is 224 g/mol. The third kappa shape index (κ3) is 1.32. The molecule has 2 aromatic carbocycles. The number of esters is 1. The van der Waals surface area contributed by atoms with Crippen molar-refractivity contribution in [1.29, 1.82) is 0 Å². The van der Waals surface area contributed by atoms with Crippen LogP contribution in [0.4, 0.5) is 0 Å². The van der Waals surface area contributed by atoms with E-state index in [1.807, 2.05) is 0 Å². The normalized spacial score (nSPS) is 25.7. The lowest BCUT2D eigenvalue weighted by Crippen LogP contribution is -2.12. The highest BCUT2D eigenvalue weighted by Crippen LogP contribution is 2.47. The van der Waals surface area contributed by atoms with Gasteiger partial charge in [-0.05, 0) is 35.1 Å². The highest BCUT2D eigenvalue weighted by molar-refractivity contribution is 5.88. The number of rotatable bonds is 0. The van der Waals surface area contributed by atoms with Crippen molar-refractivity contribution in [2.24, 2.45) is 0 Å². The van der Waals surface area contributed by atoms with E-state index in [0.29, 0.717) is 12.3 Å². The Labute approximate surface area is 106 Å². The molecule has 90 valence electrons. The maximum absolute atomic E-state index is 11.7. The Morgan fingerprint density at radius 1 is 1.06 bits per heavy atom. The molecule has 0 saturated carbocycles. The molecule has 18 heavy (non-hydrogen) atoms. The molecule has 0 radical (unpaired) electrons. The fraction of sp³-hybridized carbons (Fsp3) is 0.312. The zero-order valence-corrected chi connectivity index (χ0v) is 10.1. The molecule has 2 heteroatoms. The van der Waals surface area contributed by atoms with Crippen LogP contribution in [0.3, 0.4) is 0 Å². The van der Waals surface area contributed by atoms with Gasteiger partial charge in [0.05, 0.1) is 6.42 Å². The number of hydrogen-bond donors (Lipinski definition) is 0. The summed E-state index contributed by atoms with van der Waals surface area (Å²) >= 11 is 0. The van der Waals surface area contributed by atoms with Crippen molar-refractivity contribution in [3.63, 3.8) is 0 Å². The van der Waals surface area contributed by atoms with E-state index in [-0.39, 0.29) is 12.1 Å². The predicted octanol–water partition coefficient (Wildman–Crippen LogP) is 3.71. The summed E-state index contributed by atoms with van der Waals surface area (Å²) in [5.74, 6) is 0.318. The molecule has 1 saturated heterocycles. The quantitative estimate of drug-likeness (QED) is 0.654. The molecule has 0 N–H and O–H groups in total. The molecule has 2 aromatic rings. The largest absolute Gasteiger partial charge is 0.457 e. The number of benzene rings is 2. The van der Waals surface area contributed by atoms with Crippen molar-refractivity contribution in [2.45, 2.75) is 31.3 Å². The summed E-state index contributed by atoms with van der Waals surface area (Å²) < 4.78 is 5.60. The number of fused-ring (bicyclic) bond motifs is 4. The van der Waals surface area contributed by atoms with Crippen LogP contribution in [0, 0.1) is 0 Å². The zero-order valence-electron chi connectivity index (χ0n) is 10.1. The molecule has 0 aromatic heterocycles. The smallest absolute Gasteiger partial charge is 0.307 e. The molecule has 0 amide bonds. The van der Waals surface area contributed by atoms with Gasteiger partial charge < -0.3 is 4.74 Å². The third-order valence-electron chi connectivity index (χ3n) is 4.23. The van der Waals surface area contributed by atoms with Gasteiger partial charge in [-0.2, -0.15) is 0 Å². The Morgan fingerprint density at radius 2 is 1.94 bits per heavy atom. The van der Waals surface area contributed by atoms with Gasteiger partial charge in [0.15, 0.2) is 0 Å². The lowest BCUT2D eigenvalue weighted by atomic mass is 9.79. The van der Waals surface area contributed by atoms with Gasteiger partial charge in [0, 0.05) is 5.56 Å². The van der Waals surface area contributed by atoms with E-state index < -0.39 is 0 Å². The van der Waals surface area contributed by atoms with Crippen LogP contribution in [0.5, 0.6) is 0 Å². The first kappa shape index (κ1) is 10.1. The highest BCUT2D eigenvalue weighted by atomic mass is 16.5. The Hall–Kier alpha value is -1.83. The molecule has 5 rings (SSSR count). The summed E-state index contributed by atoms with van der Waals surface area (Å²) in [6, 6.07) is 12.7. The van der Waals surface area contributed by atoms with Gasteiger partial charge in [-0.15, -0.1) is 0 Å². The molecule has 2 bridgehead atoms. The molecule has 1 fully saturated rings. The first-order valence-electron chi connectivity index (χ1n) is 6.54. The molecule has 2 aliphatic heterocycles. The molecule has 2 heterocycles. The third-order valence-corrected chi connectivity index (χ3v) is 4.23. The maximum Gasteiger partial charge on any atom is 0.307 e. The number of carbonyl (C=O) groups is 1. The van der Waals surface area contributed by atoms with Crippen molar-refractivity contribution in [3.05, 3.63) is 47.5 Å². The number of hydrogen-bond acceptors (Lipinski definition) is 2. The van der Waals surface area contributed by atoms with Crippen LogP contribution in [0.1, 0.15) is 42.4 Å². The summed E-state index contributed by atoms with van der Waals surface area (Å²) in [5.41, 5.74) is 2.59. The minimum absolute atomic E-state index is 0.0302. The Balaban J connectivity index is 2.05. The molecule has 0 unspecified atom stereocenters. The van der Waals surface area contributed by atoms with Gasteiger partial charge in [-0.3, -0.25) is 4.79 Å². The van der Waals surface area contributed by atoms with Gasteiger partial charge in [-0.1, -0.05) is 36.4 Å². The Kier molecular flexibility index (Phi) is 2.01. The van der Waals surface area contributed by atoms with E-state index in [1.54, 1.807) is 0 Å². The number of carbonyl (C=O) groups excluding carboxylic acids is 1. The van der Waals surface area contributed by atoms with Gasteiger partial charge in [-0.25, -0.2) is 0 Å².